The van der Waals surface area contributed by atoms with Gasteiger partial charge < -0.3 is 10.3 Å². The molecule has 0 atom stereocenters. The summed E-state index contributed by atoms with van der Waals surface area (Å²) in [5, 5.41) is 3.66. The molecule has 2 heterocycles. The summed E-state index contributed by atoms with van der Waals surface area (Å²) >= 11 is 5.72. The molecule has 21 heavy (non-hydrogen) atoms. The topological polar surface area (TPSA) is 74.8 Å². The average molecular weight is 300 g/mol. The van der Waals surface area contributed by atoms with Gasteiger partial charge in [-0.1, -0.05) is 29.8 Å². The maximum absolute atomic E-state index is 12.2. The van der Waals surface area contributed by atoms with Crippen molar-refractivity contribution in [3.05, 3.63) is 69.7 Å². The van der Waals surface area contributed by atoms with E-state index in [9.17, 15) is 9.59 Å². The second-order valence-corrected chi connectivity index (χ2v) is 4.81. The van der Waals surface area contributed by atoms with E-state index >= 15 is 0 Å². The fourth-order valence-corrected chi connectivity index (χ4v) is 2.16. The smallest absolute Gasteiger partial charge is 0.266 e. The van der Waals surface area contributed by atoms with Gasteiger partial charge in [0.15, 0.2) is 0 Å². The number of nitrogens with one attached hydrogen (secondary N) is 2. The van der Waals surface area contributed by atoms with Crippen molar-refractivity contribution >= 4 is 34.1 Å². The fraction of sp³-hybridized carbons (Fsp3) is 0. The zero-order valence-electron chi connectivity index (χ0n) is 10.8. The monoisotopic (exact) mass is 299 g/mol. The molecule has 104 valence electrons. The second kappa shape index (κ2) is 5.38. The third-order valence-corrected chi connectivity index (χ3v) is 3.28. The predicted molar refractivity (Wildman–Crippen MR) is 81.8 cm³/mol. The highest BCUT2D eigenvalue weighted by atomic mass is 35.5. The van der Waals surface area contributed by atoms with Crippen molar-refractivity contribution in [2.24, 2.45) is 0 Å². The zero-order valence-corrected chi connectivity index (χ0v) is 11.5. The van der Waals surface area contributed by atoms with E-state index in [1.165, 1.54) is 12.3 Å². The standard InChI is InChI=1S/C15H10ClN3O2/c16-11-7-10(8-18-15(11)21)14(20)19-12-5-1-3-9-4-2-6-17-13(9)12/h1-8H,(H,18,21)(H,19,20). The number of halogens is 1. The van der Waals surface area contributed by atoms with Gasteiger partial charge in [-0.3, -0.25) is 14.6 Å². The lowest BCUT2D eigenvalue weighted by molar-refractivity contribution is 0.102. The van der Waals surface area contributed by atoms with E-state index in [2.05, 4.69) is 15.3 Å². The van der Waals surface area contributed by atoms with E-state index in [1.54, 1.807) is 12.3 Å². The van der Waals surface area contributed by atoms with Crippen molar-refractivity contribution in [3.8, 4) is 0 Å². The number of rotatable bonds is 2. The lowest BCUT2D eigenvalue weighted by Crippen LogP contribution is -2.15. The average Bonchev–Trinajstić information content (AvgIpc) is 2.50. The minimum atomic E-state index is -0.431. The van der Waals surface area contributed by atoms with Crippen LogP contribution >= 0.6 is 11.6 Å². The molecule has 6 heteroatoms. The zero-order chi connectivity index (χ0) is 14.8. The molecule has 0 fully saturated rings. The summed E-state index contributed by atoms with van der Waals surface area (Å²) in [4.78, 5) is 30.1. The maximum atomic E-state index is 12.2. The van der Waals surface area contributed by atoms with Gasteiger partial charge in [-0.05, 0) is 18.2 Å². The first-order valence-electron chi connectivity index (χ1n) is 6.18. The Hall–Kier alpha value is -2.66. The number of para-hydroxylation sites is 1. The molecule has 0 bridgehead atoms. The Bertz CT molecular complexity index is 884. The summed E-state index contributed by atoms with van der Waals surface area (Å²) in [6, 6.07) is 10.6. The van der Waals surface area contributed by atoms with Gasteiger partial charge in [0.25, 0.3) is 11.5 Å². The number of aromatic nitrogens is 2. The minimum absolute atomic E-state index is 0.0290. The first kappa shape index (κ1) is 13.3. The van der Waals surface area contributed by atoms with E-state index < -0.39 is 5.56 Å². The van der Waals surface area contributed by atoms with E-state index in [0.717, 1.165) is 5.39 Å². The highest BCUT2D eigenvalue weighted by Gasteiger charge is 2.10. The summed E-state index contributed by atoms with van der Waals surface area (Å²) in [6.07, 6.45) is 2.98. The van der Waals surface area contributed by atoms with Gasteiger partial charge in [0.1, 0.15) is 5.02 Å². The van der Waals surface area contributed by atoms with Crippen LogP contribution in [0.25, 0.3) is 10.9 Å². The van der Waals surface area contributed by atoms with Crippen LogP contribution in [0, 0.1) is 0 Å². The summed E-state index contributed by atoms with van der Waals surface area (Å²) in [5.41, 5.74) is 1.14. The second-order valence-electron chi connectivity index (χ2n) is 4.40. The van der Waals surface area contributed by atoms with Crippen molar-refractivity contribution in [3.63, 3.8) is 0 Å². The van der Waals surface area contributed by atoms with E-state index in [-0.39, 0.29) is 16.5 Å². The Labute approximate surface area is 124 Å². The molecule has 0 aliphatic carbocycles. The molecule has 0 saturated heterocycles. The number of H-pyrrole nitrogens is 1. The predicted octanol–water partition coefficient (Wildman–Crippen LogP) is 2.83. The molecule has 0 unspecified atom stereocenters. The number of carbonyl (C=O) groups is 1. The number of fused-ring (bicyclic) bond motifs is 1. The summed E-state index contributed by atoms with van der Waals surface area (Å²) in [5.74, 6) is -0.369. The molecule has 2 N–H and O–H groups in total. The molecule has 2 aromatic heterocycles. The Kier molecular flexibility index (Phi) is 3.41. The Morgan fingerprint density at radius 2 is 2.05 bits per heavy atom. The van der Waals surface area contributed by atoms with E-state index in [1.807, 2.05) is 24.3 Å². The van der Waals surface area contributed by atoms with Crippen LogP contribution in [0.3, 0.4) is 0 Å². The van der Waals surface area contributed by atoms with Crippen LogP contribution in [0.2, 0.25) is 5.02 Å². The van der Waals surface area contributed by atoms with Crippen molar-refractivity contribution in [1.82, 2.24) is 9.97 Å². The molecular weight excluding hydrogens is 290 g/mol. The largest absolute Gasteiger partial charge is 0.327 e. The Morgan fingerprint density at radius 3 is 2.86 bits per heavy atom. The third kappa shape index (κ3) is 2.64. The van der Waals surface area contributed by atoms with Crippen LogP contribution in [0.1, 0.15) is 10.4 Å². The first-order valence-corrected chi connectivity index (χ1v) is 6.56. The normalized spacial score (nSPS) is 10.5. The number of carbonyl (C=O) groups excluding carboxylic acids is 1. The van der Waals surface area contributed by atoms with Crippen LogP contribution < -0.4 is 10.9 Å². The van der Waals surface area contributed by atoms with Crippen LogP contribution in [0.15, 0.2) is 53.6 Å². The number of anilines is 1. The lowest BCUT2D eigenvalue weighted by Gasteiger charge is -2.08. The molecule has 0 spiro atoms. The Morgan fingerprint density at radius 1 is 1.24 bits per heavy atom. The first-order chi connectivity index (χ1) is 10.1. The van der Waals surface area contributed by atoms with E-state index in [4.69, 9.17) is 11.6 Å². The van der Waals surface area contributed by atoms with Crippen molar-refractivity contribution in [2.75, 3.05) is 5.32 Å². The molecule has 0 saturated carbocycles. The molecule has 3 aromatic rings. The van der Waals surface area contributed by atoms with Crippen molar-refractivity contribution < 1.29 is 4.79 Å². The molecule has 0 aliphatic rings. The van der Waals surface area contributed by atoms with E-state index in [0.29, 0.717) is 11.2 Å². The Balaban J connectivity index is 1.96. The minimum Gasteiger partial charge on any atom is -0.327 e. The summed E-state index contributed by atoms with van der Waals surface area (Å²) in [6.45, 7) is 0. The molecule has 0 radical (unpaired) electrons. The number of hydrogen-bond donors (Lipinski definition) is 2. The van der Waals surface area contributed by atoms with Crippen molar-refractivity contribution in [2.45, 2.75) is 0 Å². The number of benzene rings is 1. The number of pyridine rings is 2. The number of amides is 1. The molecular formula is C15H10ClN3O2. The molecule has 5 nitrogen and oxygen atoms in total. The van der Waals surface area contributed by atoms with Gasteiger partial charge in [-0.15, -0.1) is 0 Å². The lowest BCUT2D eigenvalue weighted by atomic mass is 10.2. The van der Waals surface area contributed by atoms with Gasteiger partial charge in [-0.25, -0.2) is 0 Å². The molecule has 1 aromatic carbocycles. The quantitative estimate of drug-likeness (QED) is 0.764. The van der Waals surface area contributed by atoms with Crippen LogP contribution in [-0.4, -0.2) is 15.9 Å². The number of aromatic amines is 1. The maximum Gasteiger partial charge on any atom is 0.266 e. The van der Waals surface area contributed by atoms with Gasteiger partial charge in [0, 0.05) is 17.8 Å². The van der Waals surface area contributed by atoms with Crippen molar-refractivity contribution in [1.29, 1.82) is 0 Å². The molecule has 0 aliphatic heterocycles. The molecule has 3 rings (SSSR count). The third-order valence-electron chi connectivity index (χ3n) is 3.00. The highest BCUT2D eigenvalue weighted by molar-refractivity contribution is 6.30. The van der Waals surface area contributed by atoms with Gasteiger partial charge in [-0.2, -0.15) is 0 Å². The molecule has 1 amide bonds. The van der Waals surface area contributed by atoms with Crippen LogP contribution in [0.5, 0.6) is 0 Å². The number of hydrogen-bond acceptors (Lipinski definition) is 3. The number of nitrogens with zero attached hydrogens (tertiary/aromatic N) is 1. The van der Waals surface area contributed by atoms with Gasteiger partial charge in [0.2, 0.25) is 0 Å². The van der Waals surface area contributed by atoms with Crippen LogP contribution in [0.4, 0.5) is 5.69 Å². The fourth-order valence-electron chi connectivity index (χ4n) is 1.99. The SMILES string of the molecule is O=C(Nc1cccc2cccnc12)c1c[nH]c(=O)c(Cl)c1. The van der Waals surface area contributed by atoms with Gasteiger partial charge >= 0.3 is 0 Å². The highest BCUT2D eigenvalue weighted by Crippen LogP contribution is 2.21. The summed E-state index contributed by atoms with van der Waals surface area (Å²) < 4.78 is 0. The summed E-state index contributed by atoms with van der Waals surface area (Å²) in [7, 11) is 0. The van der Waals surface area contributed by atoms with Crippen LogP contribution in [-0.2, 0) is 0 Å². The van der Waals surface area contributed by atoms with Gasteiger partial charge in [0.05, 0.1) is 16.8 Å².